The van der Waals surface area contributed by atoms with Crippen molar-refractivity contribution in [2.75, 3.05) is 13.1 Å². The highest BCUT2D eigenvalue weighted by molar-refractivity contribution is 5.78. The molecule has 1 aliphatic heterocycles. The molecule has 0 radical (unpaired) electrons. The average Bonchev–Trinajstić information content (AvgIpc) is 2.59. The second-order valence-corrected chi connectivity index (χ2v) is 5.23. The van der Waals surface area contributed by atoms with Crippen molar-refractivity contribution in [2.24, 2.45) is 0 Å². The van der Waals surface area contributed by atoms with Gasteiger partial charge in [-0.1, -0.05) is 11.6 Å². The smallest absolute Gasteiger partial charge is 0.224 e. The fourth-order valence-electron chi connectivity index (χ4n) is 2.71. The summed E-state index contributed by atoms with van der Waals surface area (Å²) in [5, 5.41) is 6.56. The molecule has 96 valence electrons. The van der Waals surface area contributed by atoms with Crippen LogP contribution in [0.1, 0.15) is 51.4 Å². The van der Waals surface area contributed by atoms with Gasteiger partial charge in [0.1, 0.15) is 0 Å². The Morgan fingerprint density at radius 1 is 1.29 bits per heavy atom. The fourth-order valence-corrected chi connectivity index (χ4v) is 2.71. The highest BCUT2D eigenvalue weighted by atomic mass is 16.1. The zero-order valence-electron chi connectivity index (χ0n) is 10.6. The van der Waals surface area contributed by atoms with E-state index in [-0.39, 0.29) is 5.91 Å². The van der Waals surface area contributed by atoms with E-state index in [1.807, 2.05) is 0 Å². The van der Waals surface area contributed by atoms with E-state index in [2.05, 4.69) is 16.7 Å². The van der Waals surface area contributed by atoms with Crippen molar-refractivity contribution in [1.29, 1.82) is 0 Å². The Hall–Kier alpha value is -0.830. The van der Waals surface area contributed by atoms with E-state index in [0.717, 1.165) is 38.8 Å². The Kier molecular flexibility index (Phi) is 5.05. The second kappa shape index (κ2) is 6.80. The average molecular weight is 236 g/mol. The quantitative estimate of drug-likeness (QED) is 0.737. The molecule has 1 amide bonds. The molecule has 1 unspecified atom stereocenters. The minimum Gasteiger partial charge on any atom is -0.353 e. The van der Waals surface area contributed by atoms with Gasteiger partial charge in [0.2, 0.25) is 5.91 Å². The van der Waals surface area contributed by atoms with Crippen molar-refractivity contribution >= 4 is 5.91 Å². The summed E-state index contributed by atoms with van der Waals surface area (Å²) in [5.41, 5.74) is 1.35. The number of amides is 1. The van der Waals surface area contributed by atoms with Crippen LogP contribution in [-0.4, -0.2) is 25.0 Å². The van der Waals surface area contributed by atoms with Gasteiger partial charge in [-0.2, -0.15) is 0 Å². The Morgan fingerprint density at radius 3 is 3.06 bits per heavy atom. The van der Waals surface area contributed by atoms with E-state index < -0.39 is 0 Å². The van der Waals surface area contributed by atoms with Crippen molar-refractivity contribution in [3.63, 3.8) is 0 Å². The van der Waals surface area contributed by atoms with E-state index in [9.17, 15) is 4.79 Å². The maximum atomic E-state index is 11.9. The topological polar surface area (TPSA) is 41.1 Å². The van der Waals surface area contributed by atoms with Gasteiger partial charge in [0.05, 0.1) is 0 Å². The first-order valence-electron chi connectivity index (χ1n) is 7.02. The normalized spacial score (nSPS) is 25.9. The molecule has 0 spiro atoms. The largest absolute Gasteiger partial charge is 0.353 e. The Bertz CT molecular complexity index is 278. The van der Waals surface area contributed by atoms with Gasteiger partial charge in [-0.05, 0) is 58.0 Å². The van der Waals surface area contributed by atoms with Crippen molar-refractivity contribution in [1.82, 2.24) is 10.6 Å². The summed E-state index contributed by atoms with van der Waals surface area (Å²) in [5.74, 6) is 0.227. The van der Waals surface area contributed by atoms with Crippen molar-refractivity contribution in [2.45, 2.75) is 57.4 Å². The van der Waals surface area contributed by atoms with Crippen LogP contribution >= 0.6 is 0 Å². The summed E-state index contributed by atoms with van der Waals surface area (Å²) in [6.45, 7) is 2.13. The summed E-state index contributed by atoms with van der Waals surface area (Å²) in [4.78, 5) is 11.9. The van der Waals surface area contributed by atoms with E-state index in [4.69, 9.17) is 0 Å². The third-order valence-corrected chi connectivity index (χ3v) is 3.71. The molecule has 0 aromatic heterocycles. The minimum absolute atomic E-state index is 0.227. The van der Waals surface area contributed by atoms with Crippen molar-refractivity contribution in [3.05, 3.63) is 11.6 Å². The van der Waals surface area contributed by atoms with Gasteiger partial charge in [0.25, 0.3) is 0 Å². The lowest BCUT2D eigenvalue weighted by Crippen LogP contribution is -2.35. The molecule has 2 rings (SSSR count). The maximum absolute atomic E-state index is 11.9. The van der Waals surface area contributed by atoms with Gasteiger partial charge in [0, 0.05) is 12.5 Å². The molecule has 1 saturated heterocycles. The summed E-state index contributed by atoms with van der Waals surface area (Å²) in [6, 6.07) is 0.390. The first kappa shape index (κ1) is 12.6. The second-order valence-electron chi connectivity index (χ2n) is 5.23. The molecule has 3 nitrogen and oxygen atoms in total. The molecule has 2 aliphatic rings. The molecule has 0 saturated carbocycles. The molecule has 1 aliphatic carbocycles. The standard InChI is InChI=1S/C14H24N2O/c17-14(11-12-5-2-1-3-6-12)16-13-7-4-9-15-10-8-13/h5,13,15H,1-4,6-11H2,(H,16,17). The monoisotopic (exact) mass is 236 g/mol. The van der Waals surface area contributed by atoms with Gasteiger partial charge >= 0.3 is 0 Å². The third kappa shape index (κ3) is 4.50. The van der Waals surface area contributed by atoms with Gasteiger partial charge in [-0.25, -0.2) is 0 Å². The molecule has 2 N–H and O–H groups in total. The van der Waals surface area contributed by atoms with E-state index >= 15 is 0 Å². The maximum Gasteiger partial charge on any atom is 0.224 e. The Morgan fingerprint density at radius 2 is 2.24 bits per heavy atom. The molecule has 0 aromatic rings. The molecule has 0 bridgehead atoms. The summed E-state index contributed by atoms with van der Waals surface area (Å²) >= 11 is 0. The SMILES string of the molecule is O=C(CC1=CCCCC1)NC1CCCNCC1. The number of hydrogen-bond donors (Lipinski definition) is 2. The lowest BCUT2D eigenvalue weighted by molar-refractivity contribution is -0.121. The number of nitrogens with one attached hydrogen (secondary N) is 2. The van der Waals surface area contributed by atoms with Crippen molar-refractivity contribution in [3.8, 4) is 0 Å². The molecule has 1 fully saturated rings. The van der Waals surface area contributed by atoms with Gasteiger partial charge in [-0.15, -0.1) is 0 Å². The molecular weight excluding hydrogens is 212 g/mol. The van der Waals surface area contributed by atoms with Crippen LogP contribution in [0.3, 0.4) is 0 Å². The van der Waals surface area contributed by atoms with Crippen LogP contribution in [0.5, 0.6) is 0 Å². The van der Waals surface area contributed by atoms with Crippen LogP contribution in [0.15, 0.2) is 11.6 Å². The predicted molar refractivity (Wildman–Crippen MR) is 69.8 cm³/mol. The predicted octanol–water partition coefficient (Wildman–Crippen LogP) is 2.14. The highest BCUT2D eigenvalue weighted by Crippen LogP contribution is 2.20. The molecule has 1 atom stereocenters. The van der Waals surface area contributed by atoms with Gasteiger partial charge in [0.15, 0.2) is 0 Å². The van der Waals surface area contributed by atoms with E-state index in [1.165, 1.54) is 24.8 Å². The Balaban J connectivity index is 1.73. The zero-order valence-corrected chi connectivity index (χ0v) is 10.6. The Labute approximate surface area is 104 Å². The van der Waals surface area contributed by atoms with E-state index in [0.29, 0.717) is 12.5 Å². The molecular formula is C14H24N2O. The van der Waals surface area contributed by atoms with Crippen LogP contribution in [0.2, 0.25) is 0 Å². The van der Waals surface area contributed by atoms with Crippen LogP contribution in [0, 0.1) is 0 Å². The number of carbonyl (C=O) groups is 1. The van der Waals surface area contributed by atoms with Gasteiger partial charge < -0.3 is 10.6 Å². The summed E-state index contributed by atoms with van der Waals surface area (Å²) < 4.78 is 0. The van der Waals surface area contributed by atoms with Crippen LogP contribution in [-0.2, 0) is 4.79 Å². The lowest BCUT2D eigenvalue weighted by Gasteiger charge is -2.17. The highest BCUT2D eigenvalue weighted by Gasteiger charge is 2.15. The first-order chi connectivity index (χ1) is 8.34. The fraction of sp³-hybridized carbons (Fsp3) is 0.786. The molecule has 1 heterocycles. The number of allylic oxidation sites excluding steroid dienone is 1. The van der Waals surface area contributed by atoms with Gasteiger partial charge in [-0.3, -0.25) is 4.79 Å². The number of hydrogen-bond acceptors (Lipinski definition) is 2. The van der Waals surface area contributed by atoms with Crippen LogP contribution in [0.25, 0.3) is 0 Å². The number of carbonyl (C=O) groups excluding carboxylic acids is 1. The number of rotatable bonds is 3. The third-order valence-electron chi connectivity index (χ3n) is 3.71. The first-order valence-corrected chi connectivity index (χ1v) is 7.02. The molecule has 17 heavy (non-hydrogen) atoms. The summed E-state index contributed by atoms with van der Waals surface area (Å²) in [7, 11) is 0. The molecule has 0 aromatic carbocycles. The van der Waals surface area contributed by atoms with Crippen LogP contribution in [0.4, 0.5) is 0 Å². The van der Waals surface area contributed by atoms with Crippen molar-refractivity contribution < 1.29 is 4.79 Å². The molecule has 3 heteroatoms. The zero-order chi connectivity index (χ0) is 11.9. The van der Waals surface area contributed by atoms with Crippen LogP contribution < -0.4 is 10.6 Å². The lowest BCUT2D eigenvalue weighted by atomic mass is 9.97. The minimum atomic E-state index is 0.227. The van der Waals surface area contributed by atoms with E-state index in [1.54, 1.807) is 0 Å². The summed E-state index contributed by atoms with van der Waals surface area (Å²) in [6.07, 6.45) is 11.1.